The van der Waals surface area contributed by atoms with Gasteiger partial charge in [-0.25, -0.2) is 13.5 Å². The molecule has 0 bridgehead atoms. The van der Waals surface area contributed by atoms with Gasteiger partial charge in [-0.15, -0.1) is 12.4 Å². The largest absolute Gasteiger partial charge is 0.493 e. The molecule has 8 nitrogen and oxygen atoms in total. The molecule has 2 aliphatic heterocycles. The summed E-state index contributed by atoms with van der Waals surface area (Å²) in [5, 5.41) is 14.2. The van der Waals surface area contributed by atoms with Gasteiger partial charge in [0.2, 0.25) is 0 Å². The van der Waals surface area contributed by atoms with Gasteiger partial charge < -0.3 is 25.4 Å². The van der Waals surface area contributed by atoms with Crippen molar-refractivity contribution in [1.29, 1.82) is 0 Å². The van der Waals surface area contributed by atoms with Crippen LogP contribution in [0.25, 0.3) is 11.3 Å². The molecule has 0 spiro atoms. The molecule has 1 amide bonds. The van der Waals surface area contributed by atoms with Crippen LogP contribution in [0.15, 0.2) is 48.5 Å². The minimum absolute atomic E-state index is 0. The molecule has 38 heavy (non-hydrogen) atoms. The number of hydrogen-bond acceptors (Lipinski definition) is 6. The van der Waals surface area contributed by atoms with Crippen LogP contribution < -0.4 is 25.4 Å². The molecule has 3 heterocycles. The molecule has 11 heteroatoms. The van der Waals surface area contributed by atoms with Gasteiger partial charge in [0.15, 0.2) is 11.5 Å². The van der Waals surface area contributed by atoms with Gasteiger partial charge in [0.05, 0.1) is 26.0 Å². The Kier molecular flexibility index (Phi) is 8.73. The molecule has 1 aromatic heterocycles. The number of aromatic nitrogens is 2. The fraction of sp³-hybridized carbons (Fsp3) is 0.407. The van der Waals surface area contributed by atoms with Crippen LogP contribution in [0, 0.1) is 0 Å². The lowest BCUT2D eigenvalue weighted by molar-refractivity contribution is 0.0659. The van der Waals surface area contributed by atoms with Crippen LogP contribution in [-0.2, 0) is 0 Å². The molecule has 2 aromatic carbocycles. The van der Waals surface area contributed by atoms with E-state index in [1.54, 1.807) is 56.7 Å². The van der Waals surface area contributed by atoms with Crippen LogP contribution in [0.2, 0.25) is 0 Å². The van der Waals surface area contributed by atoms with E-state index >= 15 is 0 Å². The SMILES string of the molecule is COc1ccc(C2CC(C(F)F)n3nc(-c4ccc(C(=O)N[C@@H]5CCCNC5)cc4)cc3N2)cc1OC.Cl. The number of nitrogens with one attached hydrogen (secondary N) is 3. The van der Waals surface area contributed by atoms with Gasteiger partial charge in [-0.2, -0.15) is 5.10 Å². The summed E-state index contributed by atoms with van der Waals surface area (Å²) in [6.07, 6.45) is -0.428. The molecule has 3 N–H and O–H groups in total. The monoisotopic (exact) mass is 547 g/mol. The number of alkyl halides is 2. The highest BCUT2D eigenvalue weighted by atomic mass is 35.5. The van der Waals surface area contributed by atoms with Gasteiger partial charge in [0, 0.05) is 29.8 Å². The molecule has 2 unspecified atom stereocenters. The predicted molar refractivity (Wildman–Crippen MR) is 144 cm³/mol. The number of amides is 1. The molecular weight excluding hydrogens is 516 g/mol. The highest BCUT2D eigenvalue weighted by Crippen LogP contribution is 2.41. The van der Waals surface area contributed by atoms with Crippen molar-refractivity contribution in [2.45, 2.75) is 43.8 Å². The van der Waals surface area contributed by atoms with Crippen molar-refractivity contribution in [1.82, 2.24) is 20.4 Å². The number of carbonyl (C=O) groups is 1. The zero-order chi connectivity index (χ0) is 25.9. The standard InChI is InChI=1S/C27H31F2N5O3.ClH/c1-36-23-10-9-18(12-24(23)37-2)20-13-22(26(28)29)34-25(32-20)14-21(33-34)16-5-7-17(8-6-16)27(35)31-19-4-3-11-30-15-19;/h5-10,12,14,19-20,22,26,30,32H,3-4,11,13,15H2,1-2H3,(H,31,35);1H/t19-,20?,22?;/m1./s1. The Hall–Kier alpha value is -3.37. The van der Waals surface area contributed by atoms with Gasteiger partial charge in [-0.3, -0.25) is 4.79 Å². The maximum atomic E-state index is 14.1. The Bertz CT molecular complexity index is 1250. The summed E-state index contributed by atoms with van der Waals surface area (Å²) in [4.78, 5) is 12.6. The summed E-state index contributed by atoms with van der Waals surface area (Å²) in [7, 11) is 3.10. The van der Waals surface area contributed by atoms with Crippen LogP contribution in [0.1, 0.15) is 47.3 Å². The Morgan fingerprint density at radius 3 is 2.53 bits per heavy atom. The van der Waals surface area contributed by atoms with E-state index in [4.69, 9.17) is 9.47 Å². The number of rotatable bonds is 7. The van der Waals surface area contributed by atoms with E-state index in [0.29, 0.717) is 28.6 Å². The summed E-state index contributed by atoms with van der Waals surface area (Å²) in [6, 6.07) is 13.0. The Morgan fingerprint density at radius 1 is 1.11 bits per heavy atom. The highest BCUT2D eigenvalue weighted by molar-refractivity contribution is 5.94. The van der Waals surface area contributed by atoms with Crippen molar-refractivity contribution in [2.75, 3.05) is 32.6 Å². The number of methoxy groups -OCH3 is 2. The first-order valence-electron chi connectivity index (χ1n) is 12.4. The first-order valence-corrected chi connectivity index (χ1v) is 12.4. The molecule has 1 fully saturated rings. The lowest BCUT2D eigenvalue weighted by Gasteiger charge is -2.32. The van der Waals surface area contributed by atoms with E-state index < -0.39 is 12.5 Å². The summed E-state index contributed by atoms with van der Waals surface area (Å²) >= 11 is 0. The number of carbonyl (C=O) groups excluding carboxylic acids is 1. The maximum absolute atomic E-state index is 14.1. The lowest BCUT2D eigenvalue weighted by atomic mass is 9.97. The van der Waals surface area contributed by atoms with Gasteiger partial charge in [0.1, 0.15) is 11.9 Å². The smallest absolute Gasteiger partial charge is 0.260 e. The minimum atomic E-state index is -2.59. The number of fused-ring (bicyclic) bond motifs is 1. The van der Waals surface area contributed by atoms with Crippen LogP contribution in [-0.4, -0.2) is 55.5 Å². The van der Waals surface area contributed by atoms with E-state index in [-0.39, 0.29) is 36.8 Å². The second-order valence-electron chi connectivity index (χ2n) is 9.40. The van der Waals surface area contributed by atoms with Crippen LogP contribution in [0.4, 0.5) is 14.6 Å². The van der Waals surface area contributed by atoms with Crippen LogP contribution in [0.3, 0.4) is 0 Å². The fourth-order valence-corrected chi connectivity index (χ4v) is 5.01. The lowest BCUT2D eigenvalue weighted by Crippen LogP contribution is -2.45. The van der Waals surface area contributed by atoms with Crippen molar-refractivity contribution in [2.24, 2.45) is 0 Å². The number of halogens is 3. The normalized spacial score (nSPS) is 20.6. The van der Waals surface area contributed by atoms with E-state index in [1.165, 1.54) is 4.68 Å². The number of nitrogens with zero attached hydrogens (tertiary/aromatic N) is 2. The molecule has 2 aliphatic rings. The van der Waals surface area contributed by atoms with Crippen molar-refractivity contribution in [3.05, 3.63) is 59.7 Å². The molecule has 1 saturated heterocycles. The molecule has 3 aromatic rings. The van der Waals surface area contributed by atoms with E-state index in [9.17, 15) is 13.6 Å². The quantitative estimate of drug-likeness (QED) is 0.392. The number of piperidine rings is 1. The number of ether oxygens (including phenoxy) is 2. The minimum Gasteiger partial charge on any atom is -0.493 e. The van der Waals surface area contributed by atoms with E-state index in [2.05, 4.69) is 21.0 Å². The topological polar surface area (TPSA) is 89.4 Å². The van der Waals surface area contributed by atoms with Crippen molar-refractivity contribution in [3.8, 4) is 22.8 Å². The highest BCUT2D eigenvalue weighted by Gasteiger charge is 2.35. The third-order valence-electron chi connectivity index (χ3n) is 7.02. The number of anilines is 1. The third kappa shape index (κ3) is 5.71. The molecule has 204 valence electrons. The third-order valence-corrected chi connectivity index (χ3v) is 7.02. The number of hydrogen-bond donors (Lipinski definition) is 3. The van der Waals surface area contributed by atoms with Crippen molar-refractivity contribution in [3.63, 3.8) is 0 Å². The van der Waals surface area contributed by atoms with Crippen molar-refractivity contribution >= 4 is 24.1 Å². The molecular formula is C27H32ClF2N5O3. The second kappa shape index (κ2) is 12.0. The molecule has 0 saturated carbocycles. The van der Waals surface area contributed by atoms with Gasteiger partial charge >= 0.3 is 0 Å². The predicted octanol–water partition coefficient (Wildman–Crippen LogP) is 4.83. The van der Waals surface area contributed by atoms with Gasteiger partial charge in [-0.1, -0.05) is 18.2 Å². The summed E-state index contributed by atoms with van der Waals surface area (Å²) < 4.78 is 40.3. The van der Waals surface area contributed by atoms with Crippen LogP contribution >= 0.6 is 12.4 Å². The molecule has 5 rings (SSSR count). The Balaban J connectivity index is 0.00000336. The summed E-state index contributed by atoms with van der Waals surface area (Å²) in [5.41, 5.74) is 2.68. The summed E-state index contributed by atoms with van der Waals surface area (Å²) in [5.74, 6) is 1.51. The molecule has 0 aliphatic carbocycles. The van der Waals surface area contributed by atoms with Crippen LogP contribution in [0.5, 0.6) is 11.5 Å². The Morgan fingerprint density at radius 2 is 1.87 bits per heavy atom. The van der Waals surface area contributed by atoms with E-state index in [0.717, 1.165) is 37.1 Å². The van der Waals surface area contributed by atoms with E-state index in [1.807, 2.05) is 6.07 Å². The summed E-state index contributed by atoms with van der Waals surface area (Å²) in [6.45, 7) is 1.75. The van der Waals surface area contributed by atoms with Gasteiger partial charge in [0.25, 0.3) is 12.3 Å². The average molecular weight is 548 g/mol. The Labute approximate surface area is 226 Å². The molecule has 3 atom stereocenters. The van der Waals surface area contributed by atoms with Gasteiger partial charge in [-0.05, 0) is 55.6 Å². The molecule has 0 radical (unpaired) electrons. The first kappa shape index (κ1) is 27.7. The number of benzene rings is 2. The zero-order valence-corrected chi connectivity index (χ0v) is 22.1. The average Bonchev–Trinajstić information content (AvgIpc) is 3.37. The fourth-order valence-electron chi connectivity index (χ4n) is 5.01. The second-order valence-corrected chi connectivity index (χ2v) is 9.40. The zero-order valence-electron chi connectivity index (χ0n) is 21.2. The maximum Gasteiger partial charge on any atom is 0.260 e. The first-order chi connectivity index (χ1) is 18.0. The van der Waals surface area contributed by atoms with Crippen molar-refractivity contribution < 1.29 is 23.0 Å².